The largest absolute Gasteiger partial charge is 0.348 e. The zero-order valence-corrected chi connectivity index (χ0v) is 19.1. The van der Waals surface area contributed by atoms with E-state index in [1.54, 1.807) is 12.4 Å². The Kier molecular flexibility index (Phi) is 4.84. The Bertz CT molecular complexity index is 1440. The molecule has 0 spiro atoms. The van der Waals surface area contributed by atoms with Gasteiger partial charge in [0.1, 0.15) is 17.3 Å². The number of aryl methyl sites for hydroxylation is 1. The van der Waals surface area contributed by atoms with E-state index in [4.69, 9.17) is 4.98 Å². The highest BCUT2D eigenvalue weighted by atomic mass is 19.1. The van der Waals surface area contributed by atoms with Crippen LogP contribution in [0.3, 0.4) is 0 Å². The molecule has 0 unspecified atom stereocenters. The molecule has 1 atom stereocenters. The average molecular weight is 457 g/mol. The Hall–Kier alpha value is -3.78. The van der Waals surface area contributed by atoms with E-state index in [2.05, 4.69) is 40.7 Å². The van der Waals surface area contributed by atoms with Crippen molar-refractivity contribution in [1.29, 1.82) is 0 Å². The number of imidazole rings is 1. The van der Waals surface area contributed by atoms with Crippen molar-refractivity contribution in [3.05, 3.63) is 77.0 Å². The maximum atomic E-state index is 13.6. The molecule has 0 fully saturated rings. The summed E-state index contributed by atoms with van der Waals surface area (Å²) < 4.78 is 15.5. The van der Waals surface area contributed by atoms with Gasteiger partial charge in [-0.1, -0.05) is 12.1 Å². The van der Waals surface area contributed by atoms with E-state index in [0.29, 0.717) is 23.8 Å². The van der Waals surface area contributed by atoms with Gasteiger partial charge in [-0.3, -0.25) is 9.20 Å². The molecule has 34 heavy (non-hydrogen) atoms. The number of nitrogens with zero attached hydrogens (tertiary/aromatic N) is 4. The minimum Gasteiger partial charge on any atom is -0.348 e. The lowest BCUT2D eigenvalue weighted by Crippen LogP contribution is -2.25. The summed E-state index contributed by atoms with van der Waals surface area (Å²) in [5.74, 6) is 0.274. The summed E-state index contributed by atoms with van der Waals surface area (Å²) in [4.78, 5) is 24.3. The third-order valence-electron chi connectivity index (χ3n) is 6.85. The van der Waals surface area contributed by atoms with Crippen LogP contribution in [0.4, 0.5) is 15.9 Å². The van der Waals surface area contributed by atoms with Crippen LogP contribution >= 0.6 is 0 Å². The number of aromatic nitrogens is 3. The lowest BCUT2D eigenvalue weighted by Gasteiger charge is -2.30. The number of carbonyl (C=O) groups is 1. The first-order chi connectivity index (χ1) is 16.5. The van der Waals surface area contributed by atoms with Gasteiger partial charge in [0.05, 0.1) is 34.9 Å². The number of pyridine rings is 2. The first kappa shape index (κ1) is 20.8. The van der Waals surface area contributed by atoms with Crippen LogP contribution in [0.1, 0.15) is 46.1 Å². The minimum atomic E-state index is -0.333. The van der Waals surface area contributed by atoms with Crippen molar-refractivity contribution in [2.75, 3.05) is 19.4 Å². The lowest BCUT2D eigenvalue weighted by atomic mass is 9.91. The third-order valence-corrected chi connectivity index (χ3v) is 6.85. The van der Waals surface area contributed by atoms with Gasteiger partial charge in [-0.05, 0) is 62.7 Å². The summed E-state index contributed by atoms with van der Waals surface area (Å²) in [6, 6.07) is 11.1. The van der Waals surface area contributed by atoms with Crippen LogP contribution in [0.25, 0.3) is 16.9 Å². The van der Waals surface area contributed by atoms with Crippen LogP contribution in [0.2, 0.25) is 0 Å². The fourth-order valence-electron chi connectivity index (χ4n) is 5.18. The fraction of sp³-hybridized carbons (Fsp3) is 0.269. The molecular weight excluding hydrogens is 431 g/mol. The summed E-state index contributed by atoms with van der Waals surface area (Å²) in [6.45, 7) is 0.424. The molecule has 1 aliphatic heterocycles. The highest BCUT2D eigenvalue weighted by molar-refractivity contribution is 6.06. The van der Waals surface area contributed by atoms with E-state index in [-0.39, 0.29) is 11.7 Å². The number of carbonyl (C=O) groups excluding carboxylic acids is 1. The normalized spacial score (nSPS) is 17.1. The molecule has 2 aliphatic rings. The molecule has 4 aromatic rings. The molecule has 1 amide bonds. The number of hydrogen-bond donors (Lipinski definition) is 2. The van der Waals surface area contributed by atoms with Crippen LogP contribution < -0.4 is 10.6 Å². The Morgan fingerprint density at radius 1 is 1.21 bits per heavy atom. The number of benzene rings is 1. The van der Waals surface area contributed by atoms with Gasteiger partial charge in [0.25, 0.3) is 5.91 Å². The second-order valence-electron chi connectivity index (χ2n) is 9.15. The molecule has 0 radical (unpaired) electrons. The van der Waals surface area contributed by atoms with E-state index >= 15 is 0 Å². The van der Waals surface area contributed by atoms with Crippen molar-refractivity contribution in [2.24, 2.45) is 0 Å². The standard InChI is InChI=1S/C26H25FN6O/c1-32(2)20-5-3-4-15-6-9-22(31-25(15)20)30-19-8-7-17(18-13-29-26(34)24(18)19)21-14-28-23-12-16(27)10-11-33(21)23/h6-12,14,20H,3-5,13H2,1-2H3,(H,29,34)(H,30,31)/t20-/m0/s1. The number of fused-ring (bicyclic) bond motifs is 3. The van der Waals surface area contributed by atoms with Crippen molar-refractivity contribution < 1.29 is 9.18 Å². The van der Waals surface area contributed by atoms with Crippen LogP contribution in [0, 0.1) is 5.82 Å². The number of halogens is 1. The molecule has 3 aromatic heterocycles. The Labute approximate surface area is 196 Å². The number of rotatable bonds is 4. The predicted molar refractivity (Wildman–Crippen MR) is 129 cm³/mol. The molecule has 1 aliphatic carbocycles. The first-order valence-corrected chi connectivity index (χ1v) is 11.5. The Morgan fingerprint density at radius 2 is 2.09 bits per heavy atom. The number of nitrogens with one attached hydrogen (secondary N) is 2. The average Bonchev–Trinajstić information content (AvgIpc) is 3.42. The molecule has 8 heteroatoms. The first-order valence-electron chi connectivity index (χ1n) is 11.5. The summed E-state index contributed by atoms with van der Waals surface area (Å²) in [6.07, 6.45) is 6.67. The molecule has 4 heterocycles. The van der Waals surface area contributed by atoms with Gasteiger partial charge in [0.2, 0.25) is 0 Å². The van der Waals surface area contributed by atoms with E-state index < -0.39 is 0 Å². The van der Waals surface area contributed by atoms with Crippen LogP contribution in [-0.2, 0) is 13.0 Å². The Balaban J connectivity index is 1.41. The summed E-state index contributed by atoms with van der Waals surface area (Å²) in [5, 5.41) is 6.35. The van der Waals surface area contributed by atoms with Gasteiger partial charge < -0.3 is 15.5 Å². The number of anilines is 2. The summed E-state index contributed by atoms with van der Waals surface area (Å²) in [5.41, 5.74) is 6.85. The van der Waals surface area contributed by atoms with Gasteiger partial charge in [-0.2, -0.15) is 0 Å². The van der Waals surface area contributed by atoms with E-state index in [1.165, 1.54) is 17.7 Å². The molecule has 0 saturated carbocycles. The van der Waals surface area contributed by atoms with Crippen molar-refractivity contribution >= 4 is 23.1 Å². The predicted octanol–water partition coefficient (Wildman–Crippen LogP) is 4.46. The molecule has 0 saturated heterocycles. The SMILES string of the molecule is CN(C)[C@H]1CCCc2ccc(Nc3ccc(-c4cnc5cc(F)ccn45)c4c3C(=O)NC4)nc21. The fourth-order valence-corrected chi connectivity index (χ4v) is 5.18. The highest BCUT2D eigenvalue weighted by Gasteiger charge is 2.28. The van der Waals surface area contributed by atoms with Gasteiger partial charge in [-0.25, -0.2) is 14.4 Å². The molecule has 1 aromatic carbocycles. The van der Waals surface area contributed by atoms with Crippen LogP contribution in [0.5, 0.6) is 0 Å². The highest BCUT2D eigenvalue weighted by Crippen LogP contribution is 2.37. The number of amides is 1. The zero-order valence-electron chi connectivity index (χ0n) is 19.1. The molecule has 0 bridgehead atoms. The van der Waals surface area contributed by atoms with Crippen molar-refractivity contribution in [3.63, 3.8) is 0 Å². The Morgan fingerprint density at radius 3 is 2.94 bits per heavy atom. The van der Waals surface area contributed by atoms with Gasteiger partial charge in [0.15, 0.2) is 0 Å². The topological polar surface area (TPSA) is 74.6 Å². The van der Waals surface area contributed by atoms with E-state index in [9.17, 15) is 9.18 Å². The van der Waals surface area contributed by atoms with Crippen molar-refractivity contribution in [2.45, 2.75) is 31.8 Å². The van der Waals surface area contributed by atoms with Crippen LogP contribution in [0.15, 0.2) is 48.8 Å². The zero-order chi connectivity index (χ0) is 23.4. The minimum absolute atomic E-state index is 0.122. The second kappa shape index (κ2) is 7.92. The summed E-state index contributed by atoms with van der Waals surface area (Å²) in [7, 11) is 4.18. The maximum absolute atomic E-state index is 13.6. The second-order valence-corrected chi connectivity index (χ2v) is 9.15. The molecular formula is C26H25FN6O. The van der Waals surface area contributed by atoms with E-state index in [0.717, 1.165) is 53.3 Å². The van der Waals surface area contributed by atoms with Gasteiger partial charge in [0, 0.05) is 24.4 Å². The molecule has 6 rings (SSSR count). The maximum Gasteiger partial charge on any atom is 0.254 e. The third kappa shape index (κ3) is 3.33. The molecule has 7 nitrogen and oxygen atoms in total. The van der Waals surface area contributed by atoms with Crippen molar-refractivity contribution in [1.82, 2.24) is 24.6 Å². The van der Waals surface area contributed by atoms with Crippen LogP contribution in [-0.4, -0.2) is 39.3 Å². The van der Waals surface area contributed by atoms with E-state index in [1.807, 2.05) is 22.6 Å². The van der Waals surface area contributed by atoms with Gasteiger partial charge in [-0.15, -0.1) is 0 Å². The monoisotopic (exact) mass is 456 g/mol. The van der Waals surface area contributed by atoms with Crippen molar-refractivity contribution in [3.8, 4) is 11.3 Å². The number of hydrogen-bond acceptors (Lipinski definition) is 5. The quantitative estimate of drug-likeness (QED) is 0.474. The van der Waals surface area contributed by atoms with Gasteiger partial charge >= 0.3 is 0 Å². The molecule has 172 valence electrons. The lowest BCUT2D eigenvalue weighted by molar-refractivity contribution is 0.0966. The smallest absolute Gasteiger partial charge is 0.254 e. The summed E-state index contributed by atoms with van der Waals surface area (Å²) >= 11 is 0. The molecule has 2 N–H and O–H groups in total.